The van der Waals surface area contributed by atoms with Crippen molar-refractivity contribution < 1.29 is 14.6 Å². The van der Waals surface area contributed by atoms with E-state index in [-0.39, 0.29) is 0 Å². The number of para-hydroxylation sites is 2. The molecule has 2 N–H and O–H groups in total. The topological polar surface area (TPSA) is 50.7 Å². The fraction of sp³-hybridized carbons (Fsp3) is 0.600. The van der Waals surface area contributed by atoms with E-state index < -0.39 is 5.60 Å². The lowest BCUT2D eigenvalue weighted by molar-refractivity contribution is 0.0551. The Kier molecular flexibility index (Phi) is 6.67. The van der Waals surface area contributed by atoms with Crippen molar-refractivity contribution in [3.05, 3.63) is 24.3 Å². The molecule has 1 aromatic carbocycles. The van der Waals surface area contributed by atoms with Gasteiger partial charge in [-0.25, -0.2) is 0 Å². The molecule has 0 aromatic heterocycles. The summed E-state index contributed by atoms with van der Waals surface area (Å²) in [5.41, 5.74) is -0.650. The minimum absolute atomic E-state index is 0.546. The summed E-state index contributed by atoms with van der Waals surface area (Å²) in [6.45, 7) is 8.17. The first-order valence-corrected chi connectivity index (χ1v) is 6.86. The van der Waals surface area contributed by atoms with E-state index in [0.717, 1.165) is 17.9 Å². The van der Waals surface area contributed by atoms with Gasteiger partial charge in [0.05, 0.1) is 12.2 Å². The molecule has 0 spiro atoms. The zero-order chi connectivity index (χ0) is 14.1. The molecule has 0 heterocycles. The van der Waals surface area contributed by atoms with Crippen LogP contribution in [0.15, 0.2) is 24.3 Å². The summed E-state index contributed by atoms with van der Waals surface area (Å²) in [6.07, 6.45) is 0.730. The second kappa shape index (κ2) is 8.02. The van der Waals surface area contributed by atoms with Crippen LogP contribution in [0.25, 0.3) is 0 Å². The number of benzene rings is 1. The Labute approximate surface area is 115 Å². The molecule has 0 amide bonds. The highest BCUT2D eigenvalue weighted by atomic mass is 16.5. The maximum atomic E-state index is 9.83. The van der Waals surface area contributed by atoms with Crippen molar-refractivity contribution in [2.75, 3.05) is 26.3 Å². The Balaban J connectivity index is 2.29. The van der Waals surface area contributed by atoms with Crippen molar-refractivity contribution in [2.45, 2.75) is 32.8 Å². The predicted octanol–water partition coefficient (Wildman–Crippen LogP) is 2.21. The molecule has 0 aliphatic rings. The molecular formula is C15H25NO3. The van der Waals surface area contributed by atoms with Gasteiger partial charge in [0.2, 0.25) is 0 Å². The summed E-state index contributed by atoms with van der Waals surface area (Å²) in [5.74, 6) is 1.53. The highest BCUT2D eigenvalue weighted by Gasteiger charge is 2.16. The molecule has 0 aliphatic carbocycles. The smallest absolute Gasteiger partial charge is 0.161 e. The van der Waals surface area contributed by atoms with E-state index in [4.69, 9.17) is 9.47 Å². The van der Waals surface area contributed by atoms with Crippen molar-refractivity contribution in [3.8, 4) is 11.5 Å². The van der Waals surface area contributed by atoms with Gasteiger partial charge in [0, 0.05) is 13.1 Å². The minimum Gasteiger partial charge on any atom is -0.490 e. The molecule has 1 rings (SSSR count). The number of ether oxygens (including phenoxy) is 2. The standard InChI is InChI=1S/C15H25NO3/c1-4-15(3,17)12-16-10-11-19-14-9-7-6-8-13(14)18-5-2/h6-9,16-17H,4-5,10-12H2,1-3H3. The lowest BCUT2D eigenvalue weighted by Crippen LogP contribution is -2.38. The van der Waals surface area contributed by atoms with Gasteiger partial charge >= 0.3 is 0 Å². The third-order valence-corrected chi connectivity index (χ3v) is 2.95. The lowest BCUT2D eigenvalue weighted by Gasteiger charge is -2.21. The molecule has 1 atom stereocenters. The zero-order valence-corrected chi connectivity index (χ0v) is 12.1. The van der Waals surface area contributed by atoms with Crippen molar-refractivity contribution in [2.24, 2.45) is 0 Å². The van der Waals surface area contributed by atoms with Crippen molar-refractivity contribution in [1.82, 2.24) is 5.32 Å². The summed E-state index contributed by atoms with van der Waals surface area (Å²) in [4.78, 5) is 0. The number of hydrogen-bond donors (Lipinski definition) is 2. The molecule has 0 fully saturated rings. The number of nitrogens with one attached hydrogen (secondary N) is 1. The maximum Gasteiger partial charge on any atom is 0.161 e. The molecule has 0 bridgehead atoms. The van der Waals surface area contributed by atoms with E-state index in [0.29, 0.717) is 26.3 Å². The average Bonchev–Trinajstić information content (AvgIpc) is 2.40. The van der Waals surface area contributed by atoms with E-state index in [2.05, 4.69) is 5.32 Å². The third-order valence-electron chi connectivity index (χ3n) is 2.95. The van der Waals surface area contributed by atoms with Crippen LogP contribution in [0.4, 0.5) is 0 Å². The summed E-state index contributed by atoms with van der Waals surface area (Å²) in [5, 5.41) is 13.0. The molecule has 0 saturated carbocycles. The fourth-order valence-electron chi connectivity index (χ4n) is 1.56. The van der Waals surface area contributed by atoms with Gasteiger partial charge in [0.1, 0.15) is 6.61 Å². The first kappa shape index (κ1) is 15.8. The molecule has 0 saturated heterocycles. The van der Waals surface area contributed by atoms with E-state index in [1.54, 1.807) is 0 Å². The van der Waals surface area contributed by atoms with Crippen LogP contribution in [0, 0.1) is 0 Å². The third kappa shape index (κ3) is 5.94. The average molecular weight is 267 g/mol. The lowest BCUT2D eigenvalue weighted by atomic mass is 10.0. The molecule has 1 aromatic rings. The largest absolute Gasteiger partial charge is 0.490 e. The van der Waals surface area contributed by atoms with Crippen LogP contribution in [0.3, 0.4) is 0 Å². The van der Waals surface area contributed by atoms with Gasteiger partial charge in [0.25, 0.3) is 0 Å². The number of hydrogen-bond acceptors (Lipinski definition) is 4. The second-order valence-corrected chi connectivity index (χ2v) is 4.76. The van der Waals surface area contributed by atoms with Gasteiger partial charge in [-0.2, -0.15) is 0 Å². The molecular weight excluding hydrogens is 242 g/mol. The number of rotatable bonds is 9. The predicted molar refractivity (Wildman–Crippen MR) is 76.9 cm³/mol. The Morgan fingerprint density at radius 2 is 1.79 bits per heavy atom. The van der Waals surface area contributed by atoms with Crippen LogP contribution >= 0.6 is 0 Å². The number of aliphatic hydroxyl groups is 1. The highest BCUT2D eigenvalue weighted by Crippen LogP contribution is 2.25. The molecule has 19 heavy (non-hydrogen) atoms. The van der Waals surface area contributed by atoms with E-state index in [1.165, 1.54) is 0 Å². The van der Waals surface area contributed by atoms with Gasteiger partial charge in [-0.1, -0.05) is 19.1 Å². The Morgan fingerprint density at radius 3 is 2.37 bits per heavy atom. The van der Waals surface area contributed by atoms with Crippen molar-refractivity contribution in [1.29, 1.82) is 0 Å². The molecule has 0 radical (unpaired) electrons. The first-order valence-electron chi connectivity index (χ1n) is 6.86. The zero-order valence-electron chi connectivity index (χ0n) is 12.1. The van der Waals surface area contributed by atoms with E-state index >= 15 is 0 Å². The van der Waals surface area contributed by atoms with E-state index in [1.807, 2.05) is 45.0 Å². The minimum atomic E-state index is -0.650. The highest BCUT2D eigenvalue weighted by molar-refractivity contribution is 5.39. The van der Waals surface area contributed by atoms with E-state index in [9.17, 15) is 5.11 Å². The molecule has 108 valence electrons. The van der Waals surface area contributed by atoms with Crippen molar-refractivity contribution >= 4 is 0 Å². The van der Waals surface area contributed by atoms with Crippen LogP contribution in [0.5, 0.6) is 11.5 Å². The Bertz CT molecular complexity index is 366. The molecule has 4 heteroatoms. The van der Waals surface area contributed by atoms with Crippen molar-refractivity contribution in [3.63, 3.8) is 0 Å². The first-order chi connectivity index (χ1) is 9.09. The summed E-state index contributed by atoms with van der Waals surface area (Å²) < 4.78 is 11.1. The quantitative estimate of drug-likeness (QED) is 0.674. The monoisotopic (exact) mass is 267 g/mol. The summed E-state index contributed by atoms with van der Waals surface area (Å²) in [6, 6.07) is 7.64. The van der Waals surface area contributed by atoms with Crippen LogP contribution in [0.2, 0.25) is 0 Å². The molecule has 0 aliphatic heterocycles. The summed E-state index contributed by atoms with van der Waals surface area (Å²) in [7, 11) is 0. The fourth-order valence-corrected chi connectivity index (χ4v) is 1.56. The normalized spacial score (nSPS) is 13.9. The molecule has 1 unspecified atom stereocenters. The summed E-state index contributed by atoms with van der Waals surface area (Å²) >= 11 is 0. The van der Waals surface area contributed by atoms with Crippen LogP contribution < -0.4 is 14.8 Å². The van der Waals surface area contributed by atoms with Crippen LogP contribution in [-0.4, -0.2) is 37.0 Å². The Morgan fingerprint density at radius 1 is 1.16 bits per heavy atom. The van der Waals surface area contributed by atoms with Crippen LogP contribution in [-0.2, 0) is 0 Å². The maximum absolute atomic E-state index is 9.83. The SMILES string of the molecule is CCOc1ccccc1OCCNCC(C)(O)CC. The van der Waals surface area contributed by atoms with Gasteiger partial charge in [-0.15, -0.1) is 0 Å². The van der Waals surface area contributed by atoms with Gasteiger partial charge in [0.15, 0.2) is 11.5 Å². The van der Waals surface area contributed by atoms with Crippen LogP contribution in [0.1, 0.15) is 27.2 Å². The van der Waals surface area contributed by atoms with Gasteiger partial charge < -0.3 is 19.9 Å². The second-order valence-electron chi connectivity index (χ2n) is 4.76. The van der Waals surface area contributed by atoms with Gasteiger partial charge in [-0.3, -0.25) is 0 Å². The molecule has 4 nitrogen and oxygen atoms in total. The van der Waals surface area contributed by atoms with Gasteiger partial charge in [-0.05, 0) is 32.4 Å². The Hall–Kier alpha value is -1.26.